The topological polar surface area (TPSA) is 61.9 Å². The number of carbonyl (C=O) groups excluding carboxylic acids is 2. The quantitative estimate of drug-likeness (QED) is 0.714. The van der Waals surface area contributed by atoms with Gasteiger partial charge in [-0.1, -0.05) is 42.5 Å². The summed E-state index contributed by atoms with van der Waals surface area (Å²) in [6, 6.07) is 10.3. The zero-order chi connectivity index (χ0) is 20.1. The molecule has 1 N–H and O–H groups in total. The highest BCUT2D eigenvalue weighted by atomic mass is 16.5. The van der Waals surface area contributed by atoms with Crippen LogP contribution in [0.1, 0.15) is 31.2 Å². The van der Waals surface area contributed by atoms with Crippen molar-refractivity contribution in [2.75, 3.05) is 45.9 Å². The molecule has 1 aromatic carbocycles. The average Bonchev–Trinajstić information content (AvgIpc) is 3.41. The highest BCUT2D eigenvalue weighted by Gasteiger charge is 2.58. The molecule has 0 aromatic heterocycles. The molecule has 1 aliphatic carbocycles. The minimum absolute atomic E-state index is 0.0156. The number of nitrogens with zero attached hydrogens (tertiary/aromatic N) is 2. The van der Waals surface area contributed by atoms with Crippen LogP contribution in [0.2, 0.25) is 0 Å². The molecule has 3 aliphatic rings. The Hall–Kier alpha value is -2.18. The van der Waals surface area contributed by atoms with Crippen LogP contribution < -0.4 is 5.32 Å². The first kappa shape index (κ1) is 20.1. The maximum absolute atomic E-state index is 13.0. The predicted molar refractivity (Wildman–Crippen MR) is 112 cm³/mol. The number of piperazine rings is 1. The zero-order valence-corrected chi connectivity index (χ0v) is 17.0. The van der Waals surface area contributed by atoms with Gasteiger partial charge in [0.1, 0.15) is 5.41 Å². The van der Waals surface area contributed by atoms with E-state index in [1.54, 1.807) is 0 Å². The Morgan fingerprint density at radius 2 is 1.90 bits per heavy atom. The number of benzene rings is 1. The molecule has 1 unspecified atom stereocenters. The summed E-state index contributed by atoms with van der Waals surface area (Å²) in [5, 5.41) is 2.97. The number of amides is 2. The highest BCUT2D eigenvalue weighted by molar-refractivity contribution is 6.07. The molecule has 0 radical (unpaired) electrons. The van der Waals surface area contributed by atoms with E-state index >= 15 is 0 Å². The van der Waals surface area contributed by atoms with Crippen LogP contribution in [-0.2, 0) is 14.3 Å². The van der Waals surface area contributed by atoms with Crippen molar-refractivity contribution in [3.63, 3.8) is 0 Å². The van der Waals surface area contributed by atoms with Gasteiger partial charge in [0.2, 0.25) is 11.8 Å². The highest BCUT2D eigenvalue weighted by Crippen LogP contribution is 2.47. The fraction of sp³-hybridized carbons (Fsp3) is 0.565. The maximum Gasteiger partial charge on any atom is 0.238 e. The van der Waals surface area contributed by atoms with E-state index in [9.17, 15) is 9.59 Å². The SMILES string of the molecule is O=C(NCC1CCCO1)C1(C(=O)N2CCN(C/C=C/c3ccccc3)CC2)CC1. The number of hydrogen-bond donors (Lipinski definition) is 1. The second kappa shape index (κ2) is 9.09. The van der Waals surface area contributed by atoms with Gasteiger partial charge in [-0.3, -0.25) is 14.5 Å². The van der Waals surface area contributed by atoms with Gasteiger partial charge in [0, 0.05) is 45.9 Å². The molecule has 0 spiro atoms. The Kier molecular flexibility index (Phi) is 6.31. The Morgan fingerprint density at radius 3 is 2.55 bits per heavy atom. The van der Waals surface area contributed by atoms with E-state index in [1.807, 2.05) is 23.1 Å². The van der Waals surface area contributed by atoms with Crippen LogP contribution in [-0.4, -0.2) is 73.6 Å². The predicted octanol–water partition coefficient (Wildman–Crippen LogP) is 1.92. The molecule has 6 nitrogen and oxygen atoms in total. The molecule has 2 saturated heterocycles. The molecule has 3 fully saturated rings. The van der Waals surface area contributed by atoms with Gasteiger partial charge in [0.25, 0.3) is 0 Å². The first-order valence-electron chi connectivity index (χ1n) is 10.8. The third-order valence-electron chi connectivity index (χ3n) is 6.24. The molecule has 1 atom stereocenters. The minimum Gasteiger partial charge on any atom is -0.376 e. The van der Waals surface area contributed by atoms with E-state index in [1.165, 1.54) is 5.56 Å². The van der Waals surface area contributed by atoms with Crippen molar-refractivity contribution in [1.29, 1.82) is 0 Å². The summed E-state index contributed by atoms with van der Waals surface area (Å²) in [6.45, 7) is 5.25. The molecule has 6 heteroatoms. The fourth-order valence-electron chi connectivity index (χ4n) is 4.18. The van der Waals surface area contributed by atoms with Crippen molar-refractivity contribution >= 4 is 17.9 Å². The fourth-order valence-corrected chi connectivity index (χ4v) is 4.18. The lowest BCUT2D eigenvalue weighted by Crippen LogP contribution is -2.53. The number of nitrogens with one attached hydrogen (secondary N) is 1. The summed E-state index contributed by atoms with van der Waals surface area (Å²) in [5.41, 5.74) is 0.388. The molecule has 1 aromatic rings. The number of hydrogen-bond acceptors (Lipinski definition) is 4. The van der Waals surface area contributed by atoms with Crippen LogP contribution in [0.3, 0.4) is 0 Å². The lowest BCUT2D eigenvalue weighted by atomic mass is 10.0. The average molecular weight is 398 g/mol. The van der Waals surface area contributed by atoms with Crippen LogP contribution >= 0.6 is 0 Å². The van der Waals surface area contributed by atoms with Crippen molar-refractivity contribution in [2.24, 2.45) is 5.41 Å². The molecular formula is C23H31N3O3. The number of rotatable bonds is 7. The zero-order valence-electron chi connectivity index (χ0n) is 17.0. The van der Waals surface area contributed by atoms with E-state index in [-0.39, 0.29) is 17.9 Å². The van der Waals surface area contributed by atoms with E-state index in [2.05, 4.69) is 34.5 Å². The van der Waals surface area contributed by atoms with Crippen molar-refractivity contribution in [3.8, 4) is 0 Å². The van der Waals surface area contributed by atoms with Crippen molar-refractivity contribution < 1.29 is 14.3 Å². The lowest BCUT2D eigenvalue weighted by Gasteiger charge is -2.36. The Labute approximate surface area is 172 Å². The van der Waals surface area contributed by atoms with Crippen molar-refractivity contribution in [3.05, 3.63) is 42.0 Å². The molecule has 0 bridgehead atoms. The molecule has 2 heterocycles. The summed E-state index contributed by atoms with van der Waals surface area (Å²) in [7, 11) is 0. The van der Waals surface area contributed by atoms with Gasteiger partial charge in [0.15, 0.2) is 0 Å². The van der Waals surface area contributed by atoms with Gasteiger partial charge >= 0.3 is 0 Å². The molecular weight excluding hydrogens is 366 g/mol. The van der Waals surface area contributed by atoms with E-state index in [0.29, 0.717) is 32.5 Å². The molecule has 156 valence electrons. The van der Waals surface area contributed by atoms with Gasteiger partial charge in [-0.05, 0) is 31.2 Å². The number of carbonyl (C=O) groups is 2. The largest absolute Gasteiger partial charge is 0.376 e. The van der Waals surface area contributed by atoms with Gasteiger partial charge in [-0.15, -0.1) is 0 Å². The van der Waals surface area contributed by atoms with Gasteiger partial charge < -0.3 is 15.0 Å². The smallest absolute Gasteiger partial charge is 0.238 e. The molecule has 29 heavy (non-hydrogen) atoms. The first-order chi connectivity index (χ1) is 14.2. The monoisotopic (exact) mass is 397 g/mol. The first-order valence-corrected chi connectivity index (χ1v) is 10.8. The van der Waals surface area contributed by atoms with Crippen LogP contribution in [0, 0.1) is 5.41 Å². The maximum atomic E-state index is 13.0. The standard InChI is InChI=1S/C23H31N3O3/c27-21(24-18-20-9-5-17-29-20)23(10-11-23)22(28)26-15-13-25(14-16-26)12-4-8-19-6-2-1-3-7-19/h1-4,6-8,20H,5,9-18H2,(H,24,27)/b8-4+. The Bertz CT molecular complexity index is 731. The molecule has 4 rings (SSSR count). The Morgan fingerprint density at radius 1 is 1.14 bits per heavy atom. The molecule has 2 aliphatic heterocycles. The van der Waals surface area contributed by atoms with E-state index in [4.69, 9.17) is 4.74 Å². The van der Waals surface area contributed by atoms with Crippen LogP contribution in [0.5, 0.6) is 0 Å². The van der Waals surface area contributed by atoms with Crippen LogP contribution in [0.4, 0.5) is 0 Å². The lowest BCUT2D eigenvalue weighted by molar-refractivity contribution is -0.145. The van der Waals surface area contributed by atoms with E-state index < -0.39 is 5.41 Å². The minimum atomic E-state index is -0.812. The van der Waals surface area contributed by atoms with Crippen LogP contribution in [0.15, 0.2) is 36.4 Å². The van der Waals surface area contributed by atoms with Gasteiger partial charge in [-0.2, -0.15) is 0 Å². The summed E-state index contributed by atoms with van der Waals surface area (Å²) in [5.74, 6) is -0.0898. The van der Waals surface area contributed by atoms with E-state index in [0.717, 1.165) is 39.1 Å². The van der Waals surface area contributed by atoms with Crippen molar-refractivity contribution in [1.82, 2.24) is 15.1 Å². The third kappa shape index (κ3) is 4.87. The summed E-state index contributed by atoms with van der Waals surface area (Å²) in [4.78, 5) is 29.9. The normalized spacial score (nSPS) is 24.0. The molecule has 2 amide bonds. The number of ether oxygens (including phenoxy) is 1. The Balaban J connectivity index is 1.22. The summed E-state index contributed by atoms with van der Waals surface area (Å²) < 4.78 is 5.56. The van der Waals surface area contributed by atoms with Crippen LogP contribution in [0.25, 0.3) is 6.08 Å². The molecule has 1 saturated carbocycles. The summed E-state index contributed by atoms with van der Waals surface area (Å²) >= 11 is 0. The van der Waals surface area contributed by atoms with Gasteiger partial charge in [-0.25, -0.2) is 0 Å². The van der Waals surface area contributed by atoms with Gasteiger partial charge in [0.05, 0.1) is 6.10 Å². The second-order valence-electron chi connectivity index (χ2n) is 8.33. The second-order valence-corrected chi connectivity index (χ2v) is 8.33. The van der Waals surface area contributed by atoms with Crippen molar-refractivity contribution in [2.45, 2.75) is 31.8 Å². The summed E-state index contributed by atoms with van der Waals surface area (Å²) in [6.07, 6.45) is 7.80. The third-order valence-corrected chi connectivity index (χ3v) is 6.24.